The molecule has 6 nitrogen and oxygen atoms in total. The Hall–Kier alpha value is -2.89. The number of aromatic nitrogens is 1. The molecule has 0 spiro atoms. The zero-order valence-electron chi connectivity index (χ0n) is 14.7. The van der Waals surface area contributed by atoms with Gasteiger partial charge in [-0.05, 0) is 36.6 Å². The number of amides is 2. The van der Waals surface area contributed by atoms with Crippen LogP contribution in [-0.4, -0.2) is 54.9 Å². The Labute approximate surface area is 153 Å². The molecular weight excluding hydrogens is 328 g/mol. The van der Waals surface area contributed by atoms with Gasteiger partial charge in [0.1, 0.15) is 5.69 Å². The van der Waals surface area contributed by atoms with E-state index < -0.39 is 0 Å². The minimum Gasteiger partial charge on any atom is -0.368 e. The van der Waals surface area contributed by atoms with Crippen molar-refractivity contribution in [2.24, 2.45) is 0 Å². The van der Waals surface area contributed by atoms with Crippen LogP contribution in [0, 0.1) is 0 Å². The highest BCUT2D eigenvalue weighted by Crippen LogP contribution is 2.28. The molecule has 2 amide bonds. The zero-order chi connectivity index (χ0) is 17.9. The Morgan fingerprint density at radius 3 is 2.65 bits per heavy atom. The molecule has 0 saturated carbocycles. The van der Waals surface area contributed by atoms with E-state index in [1.807, 2.05) is 35.2 Å². The number of para-hydroxylation sites is 1. The SMILES string of the molecule is O=CN1CCN(c2ccnc(C(=O)N3CCCc4ccccc43)c2)CC1. The fourth-order valence-corrected chi connectivity index (χ4v) is 3.70. The second-order valence-electron chi connectivity index (χ2n) is 6.72. The van der Waals surface area contributed by atoms with E-state index in [9.17, 15) is 9.59 Å². The van der Waals surface area contributed by atoms with Gasteiger partial charge in [-0.3, -0.25) is 14.6 Å². The van der Waals surface area contributed by atoms with Crippen LogP contribution < -0.4 is 9.80 Å². The van der Waals surface area contributed by atoms with E-state index in [-0.39, 0.29) is 5.91 Å². The van der Waals surface area contributed by atoms with E-state index in [0.29, 0.717) is 18.8 Å². The van der Waals surface area contributed by atoms with Crippen molar-refractivity contribution in [1.82, 2.24) is 9.88 Å². The lowest BCUT2D eigenvalue weighted by Crippen LogP contribution is -2.45. The number of hydrogen-bond donors (Lipinski definition) is 0. The summed E-state index contributed by atoms with van der Waals surface area (Å²) in [6.07, 6.45) is 4.57. The molecule has 1 aromatic heterocycles. The van der Waals surface area contributed by atoms with Crippen molar-refractivity contribution in [3.63, 3.8) is 0 Å². The second kappa shape index (κ2) is 7.15. The lowest BCUT2D eigenvalue weighted by atomic mass is 10.0. The number of benzene rings is 1. The summed E-state index contributed by atoms with van der Waals surface area (Å²) in [7, 11) is 0. The van der Waals surface area contributed by atoms with E-state index in [1.165, 1.54) is 5.56 Å². The summed E-state index contributed by atoms with van der Waals surface area (Å²) in [5.74, 6) is -0.0504. The quantitative estimate of drug-likeness (QED) is 0.794. The Morgan fingerprint density at radius 2 is 1.85 bits per heavy atom. The fourth-order valence-electron chi connectivity index (χ4n) is 3.70. The molecular formula is C20H22N4O2. The van der Waals surface area contributed by atoms with E-state index in [4.69, 9.17) is 0 Å². The number of carbonyl (C=O) groups excluding carboxylic acids is 2. The van der Waals surface area contributed by atoms with Gasteiger partial charge in [-0.15, -0.1) is 0 Å². The molecule has 1 saturated heterocycles. The normalized spacial score (nSPS) is 17.0. The zero-order valence-corrected chi connectivity index (χ0v) is 14.7. The van der Waals surface area contributed by atoms with Crippen molar-refractivity contribution in [3.05, 3.63) is 53.9 Å². The highest BCUT2D eigenvalue weighted by molar-refractivity contribution is 6.05. The van der Waals surface area contributed by atoms with Crippen LogP contribution >= 0.6 is 0 Å². The number of aryl methyl sites for hydroxylation is 1. The maximum atomic E-state index is 13.1. The van der Waals surface area contributed by atoms with Crippen LogP contribution in [0.2, 0.25) is 0 Å². The monoisotopic (exact) mass is 350 g/mol. The lowest BCUT2D eigenvalue weighted by Gasteiger charge is -2.34. The van der Waals surface area contributed by atoms with Gasteiger partial charge in [0.2, 0.25) is 6.41 Å². The molecule has 1 fully saturated rings. The van der Waals surface area contributed by atoms with Crippen molar-refractivity contribution in [3.8, 4) is 0 Å². The van der Waals surface area contributed by atoms with E-state index in [1.54, 1.807) is 11.1 Å². The minimum atomic E-state index is -0.0504. The topological polar surface area (TPSA) is 56.8 Å². The third-order valence-electron chi connectivity index (χ3n) is 5.15. The van der Waals surface area contributed by atoms with Crippen molar-refractivity contribution in [2.45, 2.75) is 12.8 Å². The highest BCUT2D eigenvalue weighted by Gasteiger charge is 2.25. The summed E-state index contributed by atoms with van der Waals surface area (Å²) >= 11 is 0. The molecule has 26 heavy (non-hydrogen) atoms. The molecule has 0 aliphatic carbocycles. The van der Waals surface area contributed by atoms with Gasteiger partial charge in [0, 0.05) is 50.3 Å². The lowest BCUT2D eigenvalue weighted by molar-refractivity contribution is -0.118. The number of anilines is 2. The summed E-state index contributed by atoms with van der Waals surface area (Å²) in [4.78, 5) is 34.1. The van der Waals surface area contributed by atoms with Crippen molar-refractivity contribution in [1.29, 1.82) is 0 Å². The summed E-state index contributed by atoms with van der Waals surface area (Å²) < 4.78 is 0. The Morgan fingerprint density at radius 1 is 1.04 bits per heavy atom. The van der Waals surface area contributed by atoms with Crippen LogP contribution in [-0.2, 0) is 11.2 Å². The maximum Gasteiger partial charge on any atom is 0.276 e. The number of pyridine rings is 1. The summed E-state index contributed by atoms with van der Waals surface area (Å²) in [5, 5.41) is 0. The molecule has 0 N–H and O–H groups in total. The van der Waals surface area contributed by atoms with Crippen LogP contribution in [0.5, 0.6) is 0 Å². The average molecular weight is 350 g/mol. The van der Waals surface area contributed by atoms with Gasteiger partial charge in [-0.25, -0.2) is 0 Å². The highest BCUT2D eigenvalue weighted by atomic mass is 16.2. The van der Waals surface area contributed by atoms with Crippen LogP contribution in [0.1, 0.15) is 22.5 Å². The summed E-state index contributed by atoms with van der Waals surface area (Å²) in [6.45, 7) is 3.66. The number of piperazine rings is 1. The summed E-state index contributed by atoms with van der Waals surface area (Å²) in [5.41, 5.74) is 3.67. The number of rotatable bonds is 3. The minimum absolute atomic E-state index is 0.0504. The number of carbonyl (C=O) groups is 2. The molecule has 6 heteroatoms. The fraction of sp³-hybridized carbons (Fsp3) is 0.350. The average Bonchev–Trinajstić information content (AvgIpc) is 2.73. The van der Waals surface area contributed by atoms with Crippen molar-refractivity contribution in [2.75, 3.05) is 42.5 Å². The standard InChI is InChI=1S/C20H22N4O2/c25-15-22-10-12-23(13-11-22)17-7-8-21-18(14-17)20(26)24-9-3-5-16-4-1-2-6-19(16)24/h1-2,4,6-8,14-15H,3,5,9-13H2. The first-order valence-electron chi connectivity index (χ1n) is 9.06. The van der Waals surface area contributed by atoms with Gasteiger partial charge in [0.05, 0.1) is 0 Å². The molecule has 0 atom stereocenters. The third-order valence-corrected chi connectivity index (χ3v) is 5.15. The first-order valence-corrected chi connectivity index (χ1v) is 9.06. The van der Waals surface area contributed by atoms with Crippen molar-refractivity contribution >= 4 is 23.7 Å². The predicted molar refractivity (Wildman–Crippen MR) is 101 cm³/mol. The molecule has 3 heterocycles. The van der Waals surface area contributed by atoms with Crippen LogP contribution in [0.15, 0.2) is 42.6 Å². The van der Waals surface area contributed by atoms with E-state index in [2.05, 4.69) is 16.0 Å². The van der Waals surface area contributed by atoms with Crippen LogP contribution in [0.4, 0.5) is 11.4 Å². The maximum absolute atomic E-state index is 13.1. The number of fused-ring (bicyclic) bond motifs is 1. The molecule has 0 radical (unpaired) electrons. The molecule has 0 bridgehead atoms. The van der Waals surface area contributed by atoms with Gasteiger partial charge in [0.25, 0.3) is 5.91 Å². The Bertz CT molecular complexity index is 815. The van der Waals surface area contributed by atoms with E-state index >= 15 is 0 Å². The van der Waals surface area contributed by atoms with Gasteiger partial charge in [-0.2, -0.15) is 0 Å². The smallest absolute Gasteiger partial charge is 0.276 e. The third kappa shape index (κ3) is 3.14. The predicted octanol–water partition coefficient (Wildman–Crippen LogP) is 1.95. The second-order valence-corrected chi connectivity index (χ2v) is 6.72. The largest absolute Gasteiger partial charge is 0.368 e. The molecule has 2 aliphatic heterocycles. The van der Waals surface area contributed by atoms with E-state index in [0.717, 1.165) is 50.3 Å². The van der Waals surface area contributed by atoms with Crippen LogP contribution in [0.3, 0.4) is 0 Å². The molecule has 134 valence electrons. The molecule has 0 unspecified atom stereocenters. The Kier molecular flexibility index (Phi) is 4.56. The van der Waals surface area contributed by atoms with Crippen LogP contribution in [0.25, 0.3) is 0 Å². The van der Waals surface area contributed by atoms with Gasteiger partial charge in [-0.1, -0.05) is 18.2 Å². The van der Waals surface area contributed by atoms with Gasteiger partial charge < -0.3 is 14.7 Å². The first-order chi connectivity index (χ1) is 12.8. The molecule has 4 rings (SSSR count). The van der Waals surface area contributed by atoms with Gasteiger partial charge in [0.15, 0.2) is 0 Å². The summed E-state index contributed by atoms with van der Waals surface area (Å²) in [6, 6.07) is 11.9. The molecule has 2 aromatic rings. The van der Waals surface area contributed by atoms with Crippen molar-refractivity contribution < 1.29 is 9.59 Å². The van der Waals surface area contributed by atoms with Gasteiger partial charge >= 0.3 is 0 Å². The molecule has 1 aromatic carbocycles. The Balaban J connectivity index is 1.56. The number of nitrogens with zero attached hydrogens (tertiary/aromatic N) is 4. The first kappa shape index (κ1) is 16.6. The number of hydrogen-bond acceptors (Lipinski definition) is 4. The molecule has 2 aliphatic rings.